The number of hydrogen-bond acceptors (Lipinski definition) is 6. The van der Waals surface area contributed by atoms with Gasteiger partial charge >= 0.3 is 0 Å². The molecule has 0 aromatic heterocycles. The fraction of sp³-hybridized carbons (Fsp3) is 0.394. The van der Waals surface area contributed by atoms with Crippen LogP contribution in [0.1, 0.15) is 51.0 Å². The molecule has 1 atom stereocenters. The van der Waals surface area contributed by atoms with Crippen molar-refractivity contribution in [1.29, 1.82) is 0 Å². The molecule has 242 valence electrons. The van der Waals surface area contributed by atoms with E-state index in [0.29, 0.717) is 27.8 Å². The lowest BCUT2D eigenvalue weighted by atomic mass is 9.95. The standard InChI is InChI=1S/C33H39Cl2N3O6S/c1-4-29(33(40)36-25-10-6-5-7-11-25)37(21-23-14-15-24(34)20-28(23)35)32(39)22-38(30-12-8-9-13-31(30)44-3)45(41,42)27-18-16-26(43-2)17-19-27/h8-9,12-20,25,29H,4-7,10-11,21-22H2,1-3H3,(H,36,40)/t29-/m0/s1. The third kappa shape index (κ3) is 8.42. The van der Waals surface area contributed by atoms with E-state index in [-0.39, 0.29) is 34.8 Å². The van der Waals surface area contributed by atoms with E-state index < -0.39 is 28.5 Å². The number of anilines is 1. The van der Waals surface area contributed by atoms with Gasteiger partial charge in [-0.05, 0) is 73.4 Å². The van der Waals surface area contributed by atoms with Crippen molar-refractivity contribution in [3.63, 3.8) is 0 Å². The molecule has 0 bridgehead atoms. The Morgan fingerprint density at radius 3 is 2.27 bits per heavy atom. The van der Waals surface area contributed by atoms with E-state index in [1.54, 1.807) is 42.5 Å². The molecule has 3 aromatic carbocycles. The number of amides is 2. The zero-order valence-corrected chi connectivity index (χ0v) is 28.0. The maximum atomic E-state index is 14.4. The number of carbonyl (C=O) groups is 2. The predicted octanol–water partition coefficient (Wildman–Crippen LogP) is 6.46. The van der Waals surface area contributed by atoms with Crippen LogP contribution in [0.15, 0.2) is 71.6 Å². The third-order valence-corrected chi connectivity index (χ3v) is 10.3. The minimum Gasteiger partial charge on any atom is -0.497 e. The molecule has 0 spiro atoms. The molecule has 0 saturated heterocycles. The number of hydrogen-bond donors (Lipinski definition) is 1. The number of nitrogens with one attached hydrogen (secondary N) is 1. The van der Waals surface area contributed by atoms with E-state index in [2.05, 4.69) is 5.32 Å². The second kappa shape index (κ2) is 15.7. The fourth-order valence-electron chi connectivity index (χ4n) is 5.52. The highest BCUT2D eigenvalue weighted by Crippen LogP contribution is 2.33. The van der Waals surface area contributed by atoms with E-state index in [9.17, 15) is 18.0 Å². The Labute approximate surface area is 275 Å². The zero-order chi connectivity index (χ0) is 32.6. The summed E-state index contributed by atoms with van der Waals surface area (Å²) in [6.07, 6.45) is 5.24. The summed E-state index contributed by atoms with van der Waals surface area (Å²) in [5, 5.41) is 3.89. The fourth-order valence-corrected chi connectivity index (χ4v) is 7.41. The monoisotopic (exact) mass is 675 g/mol. The lowest BCUT2D eigenvalue weighted by Gasteiger charge is -2.35. The minimum absolute atomic E-state index is 0.0249. The van der Waals surface area contributed by atoms with Crippen LogP contribution in [0, 0.1) is 0 Å². The molecule has 12 heteroatoms. The summed E-state index contributed by atoms with van der Waals surface area (Å²) in [6, 6.07) is 16.5. The topological polar surface area (TPSA) is 105 Å². The molecule has 1 saturated carbocycles. The van der Waals surface area contributed by atoms with Crippen molar-refractivity contribution >= 4 is 50.7 Å². The first-order valence-corrected chi connectivity index (χ1v) is 17.1. The van der Waals surface area contributed by atoms with Gasteiger partial charge in [0.25, 0.3) is 10.0 Å². The summed E-state index contributed by atoms with van der Waals surface area (Å²) in [7, 11) is -1.38. The highest BCUT2D eigenvalue weighted by Gasteiger charge is 2.35. The SMILES string of the molecule is CC[C@@H](C(=O)NC1CCCCC1)N(Cc1ccc(Cl)cc1Cl)C(=O)CN(c1ccccc1OC)S(=O)(=O)c1ccc(OC)cc1. The van der Waals surface area contributed by atoms with Crippen molar-refractivity contribution in [1.82, 2.24) is 10.2 Å². The normalized spacial score (nSPS) is 14.3. The molecule has 1 aliphatic carbocycles. The Bertz CT molecular complexity index is 1580. The third-order valence-electron chi connectivity index (χ3n) is 7.97. The van der Waals surface area contributed by atoms with Gasteiger partial charge in [-0.15, -0.1) is 0 Å². The van der Waals surface area contributed by atoms with Crippen molar-refractivity contribution in [2.75, 3.05) is 25.1 Å². The lowest BCUT2D eigenvalue weighted by molar-refractivity contribution is -0.140. The van der Waals surface area contributed by atoms with Crippen LogP contribution in [0.4, 0.5) is 5.69 Å². The second-order valence-corrected chi connectivity index (χ2v) is 13.6. The van der Waals surface area contributed by atoms with Gasteiger partial charge in [-0.2, -0.15) is 0 Å². The molecule has 0 heterocycles. The van der Waals surface area contributed by atoms with E-state index in [1.807, 2.05) is 6.92 Å². The number of rotatable bonds is 13. The Morgan fingerprint density at radius 1 is 0.956 bits per heavy atom. The van der Waals surface area contributed by atoms with Gasteiger partial charge in [0.2, 0.25) is 11.8 Å². The number of halogens is 2. The molecule has 3 aromatic rings. The van der Waals surface area contributed by atoms with E-state index in [1.165, 1.54) is 43.4 Å². The summed E-state index contributed by atoms with van der Waals surface area (Å²) in [6.45, 7) is 1.18. The van der Waals surface area contributed by atoms with Crippen molar-refractivity contribution in [3.05, 3.63) is 82.3 Å². The maximum Gasteiger partial charge on any atom is 0.264 e. The van der Waals surface area contributed by atoms with Crippen LogP contribution in [0.2, 0.25) is 10.0 Å². The molecule has 0 unspecified atom stereocenters. The van der Waals surface area contributed by atoms with E-state index in [0.717, 1.165) is 36.4 Å². The lowest BCUT2D eigenvalue weighted by Crippen LogP contribution is -2.54. The van der Waals surface area contributed by atoms with Crippen molar-refractivity contribution in [3.8, 4) is 11.5 Å². The van der Waals surface area contributed by atoms with Crippen molar-refractivity contribution in [2.45, 2.75) is 69.0 Å². The molecule has 0 aliphatic heterocycles. The Balaban J connectivity index is 1.75. The average molecular weight is 677 g/mol. The van der Waals surface area contributed by atoms with Gasteiger partial charge in [0.05, 0.1) is 24.8 Å². The molecule has 0 radical (unpaired) electrons. The highest BCUT2D eigenvalue weighted by molar-refractivity contribution is 7.92. The smallest absolute Gasteiger partial charge is 0.264 e. The number of nitrogens with zero attached hydrogens (tertiary/aromatic N) is 2. The molecule has 1 N–H and O–H groups in total. The van der Waals surface area contributed by atoms with Crippen LogP contribution in [0.3, 0.4) is 0 Å². The summed E-state index contributed by atoms with van der Waals surface area (Å²) < 4.78 is 40.1. The summed E-state index contributed by atoms with van der Waals surface area (Å²) >= 11 is 12.7. The summed E-state index contributed by atoms with van der Waals surface area (Å²) in [5.41, 5.74) is 0.744. The molecule has 45 heavy (non-hydrogen) atoms. The van der Waals surface area contributed by atoms with Crippen LogP contribution in [-0.4, -0.2) is 58.0 Å². The number of sulfonamides is 1. The maximum absolute atomic E-state index is 14.4. The number of ether oxygens (including phenoxy) is 2. The summed E-state index contributed by atoms with van der Waals surface area (Å²) in [4.78, 5) is 29.5. The highest BCUT2D eigenvalue weighted by atomic mass is 35.5. The molecular formula is C33H39Cl2N3O6S. The van der Waals surface area contributed by atoms with Gasteiger partial charge in [0, 0.05) is 22.6 Å². The number of methoxy groups -OCH3 is 2. The zero-order valence-electron chi connectivity index (χ0n) is 25.7. The van der Waals surface area contributed by atoms with Gasteiger partial charge in [-0.1, -0.05) is 67.6 Å². The predicted molar refractivity (Wildman–Crippen MR) is 177 cm³/mol. The van der Waals surface area contributed by atoms with Crippen molar-refractivity contribution in [2.24, 2.45) is 0 Å². The first-order valence-electron chi connectivity index (χ1n) is 14.9. The second-order valence-electron chi connectivity index (χ2n) is 10.9. The molecule has 1 aliphatic rings. The summed E-state index contributed by atoms with van der Waals surface area (Å²) in [5.74, 6) is -0.134. The average Bonchev–Trinajstić information content (AvgIpc) is 3.04. The molecule has 2 amide bonds. The molecule has 1 fully saturated rings. The van der Waals surface area contributed by atoms with Gasteiger partial charge in [0.1, 0.15) is 24.1 Å². The number of benzene rings is 3. The van der Waals surface area contributed by atoms with Crippen LogP contribution in [0.5, 0.6) is 11.5 Å². The van der Waals surface area contributed by atoms with Gasteiger partial charge < -0.3 is 19.7 Å². The number of carbonyl (C=O) groups excluding carboxylic acids is 2. The Kier molecular flexibility index (Phi) is 12.0. The van der Waals surface area contributed by atoms with E-state index >= 15 is 0 Å². The largest absolute Gasteiger partial charge is 0.497 e. The van der Waals surface area contributed by atoms with Crippen LogP contribution in [-0.2, 0) is 26.2 Å². The first kappa shape index (κ1) is 34.4. The van der Waals surface area contributed by atoms with Gasteiger partial charge in [0.15, 0.2) is 0 Å². The quantitative estimate of drug-likeness (QED) is 0.223. The first-order chi connectivity index (χ1) is 21.6. The van der Waals surface area contributed by atoms with E-state index in [4.69, 9.17) is 32.7 Å². The Morgan fingerprint density at radius 2 is 1.64 bits per heavy atom. The van der Waals surface area contributed by atoms with Crippen LogP contribution in [0.25, 0.3) is 0 Å². The van der Waals surface area contributed by atoms with Gasteiger partial charge in [-0.3, -0.25) is 13.9 Å². The van der Waals surface area contributed by atoms with Crippen LogP contribution >= 0.6 is 23.2 Å². The van der Waals surface area contributed by atoms with Crippen LogP contribution < -0.4 is 19.1 Å². The number of para-hydroxylation sites is 2. The molecule has 4 rings (SSSR count). The minimum atomic E-state index is -4.30. The molecular weight excluding hydrogens is 637 g/mol. The van der Waals surface area contributed by atoms with Crippen molar-refractivity contribution < 1.29 is 27.5 Å². The Hall–Kier alpha value is -3.47. The van der Waals surface area contributed by atoms with Gasteiger partial charge in [-0.25, -0.2) is 8.42 Å². The molecule has 9 nitrogen and oxygen atoms in total.